The molecule has 1 aromatic carbocycles. The van der Waals surface area contributed by atoms with Crippen LogP contribution in [0.4, 0.5) is 0 Å². The fourth-order valence-corrected chi connectivity index (χ4v) is 2.46. The van der Waals surface area contributed by atoms with Crippen LogP contribution in [0.1, 0.15) is 18.4 Å². The van der Waals surface area contributed by atoms with Gasteiger partial charge in [0.15, 0.2) is 5.60 Å². The molecular weight excluding hydrogens is 222 g/mol. The number of ether oxygens (including phenoxy) is 1. The number of hydrogen-bond donors (Lipinski definition) is 0. The van der Waals surface area contributed by atoms with Crippen molar-refractivity contribution in [2.75, 3.05) is 0 Å². The molecule has 0 aromatic heterocycles. The molecular formula is C16H13NO. The molecule has 88 valence electrons. The first-order valence-electron chi connectivity index (χ1n) is 6.04. The Hall–Kier alpha value is -2.27. The van der Waals surface area contributed by atoms with Gasteiger partial charge in [-0.1, -0.05) is 48.6 Å². The van der Waals surface area contributed by atoms with Gasteiger partial charge in [-0.3, -0.25) is 0 Å². The third-order valence-electron chi connectivity index (χ3n) is 3.43. The number of fused-ring (bicyclic) bond motifs is 1. The second kappa shape index (κ2) is 4.19. The molecule has 0 fully saturated rings. The van der Waals surface area contributed by atoms with Gasteiger partial charge in [-0.05, 0) is 11.6 Å². The molecule has 2 heteroatoms. The van der Waals surface area contributed by atoms with E-state index in [0.29, 0.717) is 6.42 Å². The van der Waals surface area contributed by atoms with E-state index in [0.717, 1.165) is 23.3 Å². The van der Waals surface area contributed by atoms with Crippen molar-refractivity contribution in [3.8, 4) is 6.07 Å². The van der Waals surface area contributed by atoms with E-state index in [1.54, 1.807) is 0 Å². The summed E-state index contributed by atoms with van der Waals surface area (Å²) in [5.41, 5.74) is 1.66. The predicted molar refractivity (Wildman–Crippen MR) is 69.4 cm³/mol. The fraction of sp³-hybridized carbons (Fsp3) is 0.188. The van der Waals surface area contributed by atoms with Crippen molar-refractivity contribution in [3.05, 3.63) is 71.5 Å². The molecule has 0 radical (unpaired) electrons. The van der Waals surface area contributed by atoms with Gasteiger partial charge in [0.2, 0.25) is 0 Å². The Morgan fingerprint density at radius 2 is 2.11 bits per heavy atom. The lowest BCUT2D eigenvalue weighted by atomic mass is 9.85. The molecule has 0 bridgehead atoms. The first-order chi connectivity index (χ1) is 8.84. The number of rotatable bonds is 2. The van der Waals surface area contributed by atoms with Gasteiger partial charge < -0.3 is 4.74 Å². The standard InChI is InChI=1S/C16H13NO/c17-12-11-16(14-6-2-1-3-7-14)10-9-13-5-4-8-15(13)18-16/h1-9H,10-11H2. The van der Waals surface area contributed by atoms with Crippen molar-refractivity contribution in [2.24, 2.45) is 0 Å². The molecule has 2 aliphatic rings. The quantitative estimate of drug-likeness (QED) is 0.784. The summed E-state index contributed by atoms with van der Waals surface area (Å²) in [5.74, 6) is 0.875. The maximum atomic E-state index is 9.10. The Morgan fingerprint density at radius 1 is 1.28 bits per heavy atom. The summed E-state index contributed by atoms with van der Waals surface area (Å²) < 4.78 is 6.13. The van der Waals surface area contributed by atoms with E-state index < -0.39 is 5.60 Å². The first kappa shape index (κ1) is 10.9. The van der Waals surface area contributed by atoms with Crippen molar-refractivity contribution < 1.29 is 4.74 Å². The lowest BCUT2D eigenvalue weighted by Gasteiger charge is -2.36. The van der Waals surface area contributed by atoms with Crippen LogP contribution < -0.4 is 0 Å². The minimum absolute atomic E-state index is 0.359. The molecule has 0 spiro atoms. The summed E-state index contributed by atoms with van der Waals surface area (Å²) in [7, 11) is 0. The Labute approximate surface area is 107 Å². The summed E-state index contributed by atoms with van der Waals surface area (Å²) in [6, 6.07) is 12.3. The molecule has 0 N–H and O–H groups in total. The van der Waals surface area contributed by atoms with Crippen molar-refractivity contribution in [1.82, 2.24) is 0 Å². The van der Waals surface area contributed by atoms with E-state index in [9.17, 15) is 0 Å². The smallest absolute Gasteiger partial charge is 0.150 e. The summed E-state index contributed by atoms with van der Waals surface area (Å²) in [6.45, 7) is 0. The van der Waals surface area contributed by atoms with E-state index >= 15 is 0 Å². The van der Waals surface area contributed by atoms with E-state index in [1.807, 2.05) is 48.6 Å². The fourth-order valence-electron chi connectivity index (χ4n) is 2.46. The Balaban J connectivity index is 2.03. The minimum Gasteiger partial charge on any atom is -0.481 e. The van der Waals surface area contributed by atoms with Crippen molar-refractivity contribution in [3.63, 3.8) is 0 Å². The van der Waals surface area contributed by atoms with Crippen molar-refractivity contribution in [2.45, 2.75) is 18.4 Å². The SMILES string of the molecule is N#CCC1(c2ccccc2)CC=C2C=CC=C2O1. The highest BCUT2D eigenvalue weighted by Crippen LogP contribution is 2.42. The maximum Gasteiger partial charge on any atom is 0.150 e. The van der Waals surface area contributed by atoms with Crippen LogP contribution in [0.25, 0.3) is 0 Å². The number of hydrogen-bond acceptors (Lipinski definition) is 2. The van der Waals surface area contributed by atoms with Crippen LogP contribution in [0.5, 0.6) is 0 Å². The summed E-state index contributed by atoms with van der Waals surface area (Å²) in [5, 5.41) is 9.10. The van der Waals surface area contributed by atoms with Gasteiger partial charge in [0.25, 0.3) is 0 Å². The van der Waals surface area contributed by atoms with E-state index in [4.69, 9.17) is 10.00 Å². The third kappa shape index (κ3) is 1.65. The maximum absolute atomic E-state index is 9.10. The molecule has 0 saturated carbocycles. The van der Waals surface area contributed by atoms with Crippen LogP contribution in [0.15, 0.2) is 66.0 Å². The molecule has 1 aliphatic carbocycles. The summed E-state index contributed by atoms with van der Waals surface area (Å²) >= 11 is 0. The zero-order valence-corrected chi connectivity index (χ0v) is 9.97. The normalized spacial score (nSPS) is 24.6. The molecule has 1 aromatic rings. The molecule has 1 aliphatic heterocycles. The molecule has 1 heterocycles. The molecule has 2 nitrogen and oxygen atoms in total. The topological polar surface area (TPSA) is 33.0 Å². The number of nitriles is 1. The summed E-state index contributed by atoms with van der Waals surface area (Å²) in [4.78, 5) is 0. The number of allylic oxidation sites excluding steroid dienone is 3. The zero-order valence-electron chi connectivity index (χ0n) is 9.97. The van der Waals surface area contributed by atoms with Gasteiger partial charge in [-0.15, -0.1) is 0 Å². The number of nitrogens with zero attached hydrogens (tertiary/aromatic N) is 1. The zero-order chi connectivity index (χ0) is 12.4. The van der Waals surface area contributed by atoms with Crippen molar-refractivity contribution >= 4 is 0 Å². The molecule has 0 saturated heterocycles. The largest absolute Gasteiger partial charge is 0.481 e. The highest BCUT2D eigenvalue weighted by Gasteiger charge is 2.37. The van der Waals surface area contributed by atoms with Crippen LogP contribution in [-0.2, 0) is 10.3 Å². The van der Waals surface area contributed by atoms with E-state index in [-0.39, 0.29) is 0 Å². The van der Waals surface area contributed by atoms with Gasteiger partial charge >= 0.3 is 0 Å². The van der Waals surface area contributed by atoms with Crippen LogP contribution >= 0.6 is 0 Å². The molecule has 1 unspecified atom stereocenters. The summed E-state index contributed by atoms with van der Waals surface area (Å²) in [6.07, 6.45) is 9.23. The monoisotopic (exact) mass is 235 g/mol. The molecule has 18 heavy (non-hydrogen) atoms. The molecule has 1 atom stereocenters. The van der Waals surface area contributed by atoms with Gasteiger partial charge in [0.05, 0.1) is 12.5 Å². The second-order valence-electron chi connectivity index (χ2n) is 4.55. The molecule has 3 rings (SSSR count). The Bertz CT molecular complexity index is 589. The molecule has 0 amide bonds. The first-order valence-corrected chi connectivity index (χ1v) is 6.04. The second-order valence-corrected chi connectivity index (χ2v) is 4.55. The Morgan fingerprint density at radius 3 is 2.89 bits per heavy atom. The van der Waals surface area contributed by atoms with Crippen LogP contribution in [0.2, 0.25) is 0 Å². The van der Waals surface area contributed by atoms with E-state index in [1.165, 1.54) is 0 Å². The highest BCUT2D eigenvalue weighted by atomic mass is 16.5. The van der Waals surface area contributed by atoms with E-state index in [2.05, 4.69) is 12.1 Å². The van der Waals surface area contributed by atoms with Crippen molar-refractivity contribution in [1.29, 1.82) is 5.26 Å². The van der Waals surface area contributed by atoms with Crippen LogP contribution in [-0.4, -0.2) is 0 Å². The van der Waals surface area contributed by atoms with Crippen LogP contribution in [0.3, 0.4) is 0 Å². The average molecular weight is 235 g/mol. The highest BCUT2D eigenvalue weighted by molar-refractivity contribution is 5.48. The van der Waals surface area contributed by atoms with Crippen LogP contribution in [0, 0.1) is 11.3 Å². The Kier molecular flexibility index (Phi) is 2.53. The third-order valence-corrected chi connectivity index (χ3v) is 3.43. The lowest BCUT2D eigenvalue weighted by Crippen LogP contribution is -2.31. The lowest BCUT2D eigenvalue weighted by molar-refractivity contribution is 0.00156. The average Bonchev–Trinajstić information content (AvgIpc) is 2.87. The van der Waals surface area contributed by atoms with Gasteiger partial charge in [-0.2, -0.15) is 5.26 Å². The predicted octanol–water partition coefficient (Wildman–Crippen LogP) is 3.60. The van der Waals surface area contributed by atoms with Gasteiger partial charge in [0, 0.05) is 12.0 Å². The van der Waals surface area contributed by atoms with Gasteiger partial charge in [0.1, 0.15) is 5.76 Å². The number of benzene rings is 1. The minimum atomic E-state index is -0.530. The van der Waals surface area contributed by atoms with Gasteiger partial charge in [-0.25, -0.2) is 0 Å².